The number of hydrogen-bond acceptors (Lipinski definition) is 5. The molecule has 0 saturated carbocycles. The number of benzene rings is 2. The Morgan fingerprint density at radius 1 is 0.969 bits per heavy atom. The molecule has 0 atom stereocenters. The van der Waals surface area contributed by atoms with Gasteiger partial charge in [0.15, 0.2) is 0 Å². The van der Waals surface area contributed by atoms with Crippen LogP contribution in [0.25, 0.3) is 10.1 Å². The van der Waals surface area contributed by atoms with Crippen LogP contribution in [0.3, 0.4) is 0 Å². The highest BCUT2D eigenvalue weighted by Gasteiger charge is 2.19. The molecule has 32 heavy (non-hydrogen) atoms. The van der Waals surface area contributed by atoms with Crippen LogP contribution in [0.5, 0.6) is 0 Å². The number of aliphatic carboxylic acids is 2. The van der Waals surface area contributed by atoms with Gasteiger partial charge in [0, 0.05) is 24.1 Å². The maximum absolute atomic E-state index is 9.55. The molecule has 1 aliphatic rings. The van der Waals surface area contributed by atoms with Crippen molar-refractivity contribution in [2.24, 2.45) is 5.92 Å². The second-order valence-corrected chi connectivity index (χ2v) is 8.68. The minimum absolute atomic E-state index is 0.558. The number of nitrogens with zero attached hydrogens (tertiary/aromatic N) is 2. The molecular weight excluding hydrogens is 424 g/mol. The van der Waals surface area contributed by atoms with Gasteiger partial charge in [0.05, 0.1) is 10.4 Å². The molecule has 0 amide bonds. The molecular formula is C25H28N2O4S. The SMILES string of the molecule is O=C(O)C=CC(=O)O.c1ccc(CN2CCC(CCc3nsc4ccccc34)CC2)cc1. The summed E-state index contributed by atoms with van der Waals surface area (Å²) in [5.74, 6) is -1.66. The van der Waals surface area contributed by atoms with Crippen molar-refractivity contribution >= 4 is 33.6 Å². The van der Waals surface area contributed by atoms with Crippen molar-refractivity contribution in [3.8, 4) is 0 Å². The summed E-state index contributed by atoms with van der Waals surface area (Å²) in [6.07, 6.45) is 6.19. The lowest BCUT2D eigenvalue weighted by atomic mass is 9.91. The summed E-state index contributed by atoms with van der Waals surface area (Å²) in [4.78, 5) is 21.7. The molecule has 168 valence electrons. The molecule has 7 heteroatoms. The van der Waals surface area contributed by atoms with E-state index >= 15 is 0 Å². The highest BCUT2D eigenvalue weighted by molar-refractivity contribution is 7.13. The van der Waals surface area contributed by atoms with Gasteiger partial charge in [0.1, 0.15) is 0 Å². The van der Waals surface area contributed by atoms with Crippen molar-refractivity contribution in [2.75, 3.05) is 13.1 Å². The Labute approximate surface area is 192 Å². The average molecular weight is 453 g/mol. The molecule has 1 aliphatic heterocycles. The predicted molar refractivity (Wildman–Crippen MR) is 127 cm³/mol. The molecule has 0 spiro atoms. The molecule has 1 saturated heterocycles. The zero-order valence-corrected chi connectivity index (χ0v) is 18.7. The van der Waals surface area contributed by atoms with Crippen LogP contribution >= 0.6 is 11.5 Å². The molecule has 0 unspecified atom stereocenters. The minimum Gasteiger partial charge on any atom is -0.478 e. The fourth-order valence-corrected chi connectivity index (χ4v) is 4.70. The van der Waals surface area contributed by atoms with E-state index in [1.165, 1.54) is 53.7 Å². The van der Waals surface area contributed by atoms with Crippen molar-refractivity contribution in [1.29, 1.82) is 0 Å². The Morgan fingerprint density at radius 2 is 1.59 bits per heavy atom. The van der Waals surface area contributed by atoms with Crippen molar-refractivity contribution in [2.45, 2.75) is 32.2 Å². The lowest BCUT2D eigenvalue weighted by Crippen LogP contribution is -2.33. The van der Waals surface area contributed by atoms with Crippen LogP contribution < -0.4 is 0 Å². The third kappa shape index (κ3) is 7.59. The van der Waals surface area contributed by atoms with E-state index in [0.29, 0.717) is 12.2 Å². The number of aromatic nitrogens is 1. The standard InChI is InChI=1S/C21H24N2S.C4H4O4/c1-2-6-18(7-3-1)16-23-14-12-17(13-15-23)10-11-20-19-8-4-5-9-21(19)24-22-20;5-3(6)1-2-4(7)8/h1-9,17H,10-16H2;1-2H,(H,5,6)(H,7,8). The van der Waals surface area contributed by atoms with E-state index < -0.39 is 11.9 Å². The molecule has 1 fully saturated rings. The average Bonchev–Trinajstić information content (AvgIpc) is 3.22. The van der Waals surface area contributed by atoms with Gasteiger partial charge in [-0.3, -0.25) is 4.90 Å². The van der Waals surface area contributed by atoms with Gasteiger partial charge in [0.25, 0.3) is 0 Å². The smallest absolute Gasteiger partial charge is 0.328 e. The fourth-order valence-electron chi connectivity index (χ4n) is 3.88. The highest BCUT2D eigenvalue weighted by Crippen LogP contribution is 2.27. The first-order valence-electron chi connectivity index (χ1n) is 10.7. The molecule has 2 heterocycles. The lowest BCUT2D eigenvalue weighted by Gasteiger charge is -2.32. The number of rotatable bonds is 7. The normalized spacial score (nSPS) is 14.9. The topological polar surface area (TPSA) is 90.7 Å². The van der Waals surface area contributed by atoms with Crippen molar-refractivity contribution in [3.63, 3.8) is 0 Å². The van der Waals surface area contributed by atoms with E-state index in [4.69, 9.17) is 10.2 Å². The molecule has 0 radical (unpaired) electrons. The van der Waals surface area contributed by atoms with Crippen LogP contribution in [0.2, 0.25) is 0 Å². The van der Waals surface area contributed by atoms with Crippen LogP contribution in [0.15, 0.2) is 66.7 Å². The Kier molecular flexibility index (Phi) is 8.95. The number of carboxylic acids is 2. The van der Waals surface area contributed by atoms with Crippen molar-refractivity contribution in [1.82, 2.24) is 9.27 Å². The number of likely N-dealkylation sites (tertiary alicyclic amines) is 1. The lowest BCUT2D eigenvalue weighted by molar-refractivity contribution is -0.134. The van der Waals surface area contributed by atoms with Gasteiger partial charge in [-0.15, -0.1) is 0 Å². The third-order valence-electron chi connectivity index (χ3n) is 5.57. The largest absolute Gasteiger partial charge is 0.478 e. The molecule has 2 N–H and O–H groups in total. The van der Waals surface area contributed by atoms with E-state index in [9.17, 15) is 9.59 Å². The Morgan fingerprint density at radius 3 is 2.25 bits per heavy atom. The number of piperidine rings is 1. The number of hydrogen-bond donors (Lipinski definition) is 2. The third-order valence-corrected chi connectivity index (χ3v) is 6.43. The summed E-state index contributed by atoms with van der Waals surface area (Å²) < 4.78 is 6.01. The zero-order valence-electron chi connectivity index (χ0n) is 17.9. The summed E-state index contributed by atoms with van der Waals surface area (Å²) >= 11 is 1.64. The van der Waals surface area contributed by atoms with E-state index in [1.807, 2.05) is 0 Å². The van der Waals surface area contributed by atoms with E-state index in [0.717, 1.165) is 18.9 Å². The molecule has 4 rings (SSSR count). The van der Waals surface area contributed by atoms with Gasteiger partial charge in [-0.1, -0.05) is 48.5 Å². The fraction of sp³-hybridized carbons (Fsp3) is 0.320. The monoisotopic (exact) mass is 452 g/mol. The van der Waals surface area contributed by atoms with Crippen molar-refractivity contribution in [3.05, 3.63) is 78.0 Å². The number of fused-ring (bicyclic) bond motifs is 1. The molecule has 0 bridgehead atoms. The summed E-state index contributed by atoms with van der Waals surface area (Å²) in [6.45, 7) is 3.57. The number of carbonyl (C=O) groups is 2. The second-order valence-electron chi connectivity index (χ2n) is 7.88. The summed E-state index contributed by atoms with van der Waals surface area (Å²) in [7, 11) is 0. The quantitative estimate of drug-likeness (QED) is 0.498. The minimum atomic E-state index is -1.26. The first-order valence-corrected chi connectivity index (χ1v) is 11.5. The Bertz CT molecular complexity index is 1020. The molecule has 3 aromatic rings. The van der Waals surface area contributed by atoms with Gasteiger partial charge in [0.2, 0.25) is 0 Å². The first kappa shape index (κ1) is 23.6. The van der Waals surface area contributed by atoms with Gasteiger partial charge in [-0.2, -0.15) is 4.37 Å². The number of aryl methyl sites for hydroxylation is 1. The molecule has 2 aromatic carbocycles. The maximum Gasteiger partial charge on any atom is 0.328 e. The van der Waals surface area contributed by atoms with E-state index in [-0.39, 0.29) is 0 Å². The second kappa shape index (κ2) is 12.1. The summed E-state index contributed by atoms with van der Waals surface area (Å²) in [6, 6.07) is 19.5. The van der Waals surface area contributed by atoms with Crippen LogP contribution in [-0.4, -0.2) is 44.5 Å². The van der Waals surface area contributed by atoms with Crippen LogP contribution in [-0.2, 0) is 22.6 Å². The van der Waals surface area contributed by atoms with Gasteiger partial charge >= 0.3 is 11.9 Å². The van der Waals surface area contributed by atoms with Gasteiger partial charge in [-0.25, -0.2) is 9.59 Å². The van der Waals surface area contributed by atoms with Crippen LogP contribution in [0.1, 0.15) is 30.5 Å². The molecule has 0 aliphatic carbocycles. The van der Waals surface area contributed by atoms with E-state index in [2.05, 4.69) is 63.9 Å². The van der Waals surface area contributed by atoms with E-state index in [1.54, 1.807) is 11.5 Å². The highest BCUT2D eigenvalue weighted by atomic mass is 32.1. The van der Waals surface area contributed by atoms with Crippen molar-refractivity contribution < 1.29 is 19.8 Å². The Hall–Kier alpha value is -3.03. The number of carboxylic acid groups (broad SMARTS) is 2. The summed E-state index contributed by atoms with van der Waals surface area (Å²) in [5.41, 5.74) is 2.74. The van der Waals surface area contributed by atoms with Gasteiger partial charge in [-0.05, 0) is 67.9 Å². The maximum atomic E-state index is 9.55. The first-order chi connectivity index (χ1) is 15.5. The molecule has 6 nitrogen and oxygen atoms in total. The van der Waals surface area contributed by atoms with Crippen LogP contribution in [0.4, 0.5) is 0 Å². The Balaban J connectivity index is 0.000000312. The molecule has 1 aromatic heterocycles. The predicted octanol–water partition coefficient (Wildman–Crippen LogP) is 4.85. The summed E-state index contributed by atoms with van der Waals surface area (Å²) in [5, 5.41) is 17.0. The van der Waals surface area contributed by atoms with Crippen LogP contribution in [0, 0.1) is 5.92 Å². The van der Waals surface area contributed by atoms with Gasteiger partial charge < -0.3 is 10.2 Å². The zero-order chi connectivity index (χ0) is 22.8.